The second-order valence-electron chi connectivity index (χ2n) is 4.84. The van der Waals surface area contributed by atoms with E-state index in [0.29, 0.717) is 5.56 Å². The molecular weight excluding hydrogens is 323 g/mol. The third-order valence-electron chi connectivity index (χ3n) is 3.11. The molecule has 122 valence electrons. The number of nitrogens with two attached hydrogens (primary N) is 1. The Morgan fingerprint density at radius 2 is 1.91 bits per heavy atom. The van der Waals surface area contributed by atoms with Gasteiger partial charge in [0.05, 0.1) is 23.3 Å². The average molecular weight is 338 g/mol. The van der Waals surface area contributed by atoms with Crippen LogP contribution >= 0.6 is 0 Å². The van der Waals surface area contributed by atoms with Gasteiger partial charge in [-0.2, -0.15) is 0 Å². The number of carbonyl (C=O) groups excluding carboxylic acids is 1. The fourth-order valence-corrected chi connectivity index (χ4v) is 2.50. The van der Waals surface area contributed by atoms with E-state index in [1.807, 2.05) is 0 Å². The molecule has 0 aliphatic carbocycles. The van der Waals surface area contributed by atoms with Gasteiger partial charge in [0, 0.05) is 0 Å². The molecule has 0 atom stereocenters. The van der Waals surface area contributed by atoms with Gasteiger partial charge in [0.2, 0.25) is 10.0 Å². The summed E-state index contributed by atoms with van der Waals surface area (Å²) >= 11 is 0. The Morgan fingerprint density at radius 1 is 1.22 bits per heavy atom. The molecule has 1 amide bonds. The molecule has 0 saturated heterocycles. The van der Waals surface area contributed by atoms with E-state index < -0.39 is 21.7 Å². The van der Waals surface area contributed by atoms with Crippen molar-refractivity contribution >= 4 is 21.6 Å². The first-order chi connectivity index (χ1) is 10.7. The van der Waals surface area contributed by atoms with Crippen molar-refractivity contribution in [2.24, 2.45) is 5.14 Å². The lowest BCUT2D eigenvalue weighted by molar-refractivity contribution is 0.102. The zero-order chi connectivity index (χ0) is 17.2. The lowest BCUT2D eigenvalue weighted by atomic mass is 10.1. The number of primary sulfonamides is 1. The van der Waals surface area contributed by atoms with Crippen molar-refractivity contribution < 1.29 is 22.3 Å². The highest BCUT2D eigenvalue weighted by molar-refractivity contribution is 7.89. The van der Waals surface area contributed by atoms with Gasteiger partial charge in [0.1, 0.15) is 11.6 Å². The lowest BCUT2D eigenvalue weighted by Gasteiger charge is -2.12. The Hall–Kier alpha value is -2.45. The number of sulfonamides is 1. The molecule has 0 unspecified atom stereocenters. The summed E-state index contributed by atoms with van der Waals surface area (Å²) < 4.78 is 41.6. The van der Waals surface area contributed by atoms with Crippen LogP contribution in [0.4, 0.5) is 10.1 Å². The molecule has 2 aromatic carbocycles. The van der Waals surface area contributed by atoms with Crippen LogP contribution in [0, 0.1) is 12.7 Å². The maximum atomic E-state index is 13.8. The number of halogens is 1. The zero-order valence-corrected chi connectivity index (χ0v) is 13.3. The number of benzene rings is 2. The first-order valence-electron chi connectivity index (χ1n) is 6.50. The van der Waals surface area contributed by atoms with Crippen molar-refractivity contribution in [3.63, 3.8) is 0 Å². The van der Waals surface area contributed by atoms with Crippen molar-refractivity contribution in [3.8, 4) is 5.75 Å². The molecular formula is C15H15FN2O4S. The molecule has 8 heteroatoms. The molecule has 0 bridgehead atoms. The Bertz CT molecular complexity index is 866. The Kier molecular flexibility index (Phi) is 4.67. The van der Waals surface area contributed by atoms with Crippen molar-refractivity contribution in [1.82, 2.24) is 0 Å². The number of nitrogens with one attached hydrogen (secondary N) is 1. The molecule has 0 spiro atoms. The monoisotopic (exact) mass is 338 g/mol. The van der Waals surface area contributed by atoms with Crippen LogP contribution in [0.15, 0.2) is 41.3 Å². The smallest absolute Gasteiger partial charge is 0.258 e. The molecule has 0 heterocycles. The van der Waals surface area contributed by atoms with E-state index in [9.17, 15) is 17.6 Å². The second-order valence-corrected chi connectivity index (χ2v) is 6.41. The van der Waals surface area contributed by atoms with Gasteiger partial charge < -0.3 is 10.1 Å². The number of hydrogen-bond acceptors (Lipinski definition) is 4. The first kappa shape index (κ1) is 16.9. The molecule has 0 aromatic heterocycles. The van der Waals surface area contributed by atoms with Gasteiger partial charge in [0.25, 0.3) is 5.91 Å². The highest BCUT2D eigenvalue weighted by Gasteiger charge is 2.17. The molecule has 0 aliphatic rings. The van der Waals surface area contributed by atoms with Crippen LogP contribution in [-0.4, -0.2) is 21.4 Å². The quantitative estimate of drug-likeness (QED) is 0.891. The highest BCUT2D eigenvalue weighted by atomic mass is 32.2. The Morgan fingerprint density at radius 3 is 2.52 bits per heavy atom. The fourth-order valence-electron chi connectivity index (χ4n) is 1.96. The van der Waals surface area contributed by atoms with Crippen LogP contribution < -0.4 is 15.2 Å². The summed E-state index contributed by atoms with van der Waals surface area (Å²) in [4.78, 5) is 12.0. The van der Waals surface area contributed by atoms with Crippen molar-refractivity contribution in [1.29, 1.82) is 0 Å². The first-order valence-corrected chi connectivity index (χ1v) is 8.05. The van der Waals surface area contributed by atoms with Crippen LogP contribution in [0.3, 0.4) is 0 Å². The van der Waals surface area contributed by atoms with Crippen molar-refractivity contribution in [2.45, 2.75) is 11.8 Å². The topological polar surface area (TPSA) is 98.5 Å². The predicted octanol–water partition coefficient (Wildman–Crippen LogP) is 2.04. The molecule has 0 aliphatic heterocycles. The number of hydrogen-bond donors (Lipinski definition) is 2. The van der Waals surface area contributed by atoms with Gasteiger partial charge in [-0.1, -0.05) is 11.6 Å². The minimum absolute atomic E-state index is 0.0740. The molecule has 0 fully saturated rings. The van der Waals surface area contributed by atoms with Gasteiger partial charge in [-0.3, -0.25) is 4.79 Å². The van der Waals surface area contributed by atoms with Gasteiger partial charge >= 0.3 is 0 Å². The molecule has 0 saturated carbocycles. The average Bonchev–Trinajstić information content (AvgIpc) is 2.48. The third-order valence-corrected chi connectivity index (χ3v) is 4.03. The van der Waals surface area contributed by atoms with Gasteiger partial charge in [-0.15, -0.1) is 0 Å². The third kappa shape index (κ3) is 3.85. The van der Waals surface area contributed by atoms with Crippen LogP contribution in [-0.2, 0) is 10.0 Å². The summed E-state index contributed by atoms with van der Waals surface area (Å²) in [6, 6.07) is 7.86. The maximum Gasteiger partial charge on any atom is 0.258 e. The number of methoxy groups -OCH3 is 1. The number of rotatable bonds is 4. The SMILES string of the molecule is COc1ccc(S(N)(=O)=O)cc1NC(=O)c1cc(C)ccc1F. The van der Waals surface area contributed by atoms with E-state index in [1.54, 1.807) is 6.92 Å². The highest BCUT2D eigenvalue weighted by Crippen LogP contribution is 2.27. The molecule has 3 N–H and O–H groups in total. The van der Waals surface area contributed by atoms with Gasteiger partial charge in [-0.25, -0.2) is 17.9 Å². The van der Waals surface area contributed by atoms with E-state index in [2.05, 4.69) is 5.32 Å². The van der Waals surface area contributed by atoms with Gasteiger partial charge in [-0.05, 0) is 37.3 Å². The van der Waals surface area contributed by atoms with Crippen LogP contribution in [0.2, 0.25) is 0 Å². The van der Waals surface area contributed by atoms with E-state index in [4.69, 9.17) is 9.88 Å². The molecule has 0 radical (unpaired) electrons. The van der Waals surface area contributed by atoms with E-state index in [-0.39, 0.29) is 21.9 Å². The number of anilines is 1. The summed E-state index contributed by atoms with van der Waals surface area (Å²) in [5, 5.41) is 7.50. The van der Waals surface area contributed by atoms with E-state index >= 15 is 0 Å². The molecule has 23 heavy (non-hydrogen) atoms. The number of amides is 1. The molecule has 2 rings (SSSR count). The van der Waals surface area contributed by atoms with Crippen LogP contribution in [0.1, 0.15) is 15.9 Å². The summed E-state index contributed by atoms with van der Waals surface area (Å²) in [5.74, 6) is -1.19. The molecule has 6 nitrogen and oxygen atoms in total. The second kappa shape index (κ2) is 6.35. The number of ether oxygens (including phenoxy) is 1. The van der Waals surface area contributed by atoms with Crippen LogP contribution in [0.25, 0.3) is 0 Å². The minimum Gasteiger partial charge on any atom is -0.495 e. The minimum atomic E-state index is -3.95. The normalized spacial score (nSPS) is 11.1. The number of aryl methyl sites for hydroxylation is 1. The Balaban J connectivity index is 2.42. The summed E-state index contributed by atoms with van der Waals surface area (Å²) in [6.45, 7) is 1.72. The summed E-state index contributed by atoms with van der Waals surface area (Å²) in [5.41, 5.74) is 0.625. The fraction of sp³-hybridized carbons (Fsp3) is 0.133. The Labute approximate surface area is 133 Å². The molecule has 2 aromatic rings. The maximum absolute atomic E-state index is 13.8. The van der Waals surface area contributed by atoms with Crippen molar-refractivity contribution in [3.05, 3.63) is 53.3 Å². The summed E-state index contributed by atoms with van der Waals surface area (Å²) in [6.07, 6.45) is 0. The lowest BCUT2D eigenvalue weighted by Crippen LogP contribution is -2.16. The van der Waals surface area contributed by atoms with Crippen LogP contribution in [0.5, 0.6) is 5.75 Å². The van der Waals surface area contributed by atoms with Crippen molar-refractivity contribution in [2.75, 3.05) is 12.4 Å². The predicted molar refractivity (Wildman–Crippen MR) is 83.5 cm³/mol. The van der Waals surface area contributed by atoms with E-state index in [1.165, 1.54) is 37.4 Å². The summed E-state index contributed by atoms with van der Waals surface area (Å²) in [7, 11) is -2.59. The zero-order valence-electron chi connectivity index (χ0n) is 12.5. The largest absolute Gasteiger partial charge is 0.495 e. The van der Waals surface area contributed by atoms with E-state index in [0.717, 1.165) is 6.07 Å². The van der Waals surface area contributed by atoms with Gasteiger partial charge in [0.15, 0.2) is 0 Å². The standard InChI is InChI=1S/C15H15FN2O4S/c1-9-3-5-12(16)11(7-9)15(19)18-13-8-10(23(17,20)21)4-6-14(13)22-2/h3-8H,1-2H3,(H,18,19)(H2,17,20,21). The number of carbonyl (C=O) groups is 1.